The number of amides is 2. The Morgan fingerprint density at radius 2 is 1.23 bits per heavy atom. The minimum absolute atomic E-state index is 0.236. The molecule has 0 unspecified atom stereocenters. The standard InChI is InChI=1S/C19H18Cl2N2O3/c1-9(24)22-15-7-11(20)5-13-17(15)26-18-14(19(13,3)4)6-12(21)8-16(18)23-10(2)25/h5-8H,1-4H3,(H,22,24)(H,23,25). The van der Waals surface area contributed by atoms with Crippen molar-refractivity contribution in [1.29, 1.82) is 0 Å². The minimum Gasteiger partial charge on any atom is -0.452 e. The molecule has 5 nitrogen and oxygen atoms in total. The second kappa shape index (κ2) is 6.49. The van der Waals surface area contributed by atoms with E-state index in [1.54, 1.807) is 12.1 Å². The van der Waals surface area contributed by atoms with Gasteiger partial charge in [-0.1, -0.05) is 37.0 Å². The Hall–Kier alpha value is -2.24. The van der Waals surface area contributed by atoms with Gasteiger partial charge < -0.3 is 15.4 Å². The van der Waals surface area contributed by atoms with Crippen molar-refractivity contribution in [2.24, 2.45) is 0 Å². The smallest absolute Gasteiger partial charge is 0.221 e. The Morgan fingerprint density at radius 1 is 0.846 bits per heavy atom. The lowest BCUT2D eigenvalue weighted by molar-refractivity contribution is -0.115. The number of carbonyl (C=O) groups excluding carboxylic acids is 2. The summed E-state index contributed by atoms with van der Waals surface area (Å²) >= 11 is 12.5. The van der Waals surface area contributed by atoms with Gasteiger partial charge in [0.1, 0.15) is 0 Å². The third-order valence-electron chi connectivity index (χ3n) is 4.28. The third-order valence-corrected chi connectivity index (χ3v) is 4.72. The van der Waals surface area contributed by atoms with Crippen molar-refractivity contribution in [1.82, 2.24) is 0 Å². The number of nitrogens with one attached hydrogen (secondary N) is 2. The molecule has 0 fully saturated rings. The molecule has 2 amide bonds. The zero-order valence-electron chi connectivity index (χ0n) is 14.8. The van der Waals surface area contributed by atoms with Crippen LogP contribution in [0.4, 0.5) is 11.4 Å². The molecule has 0 spiro atoms. The molecule has 0 saturated carbocycles. The first-order chi connectivity index (χ1) is 12.1. The van der Waals surface area contributed by atoms with E-state index in [1.165, 1.54) is 13.8 Å². The van der Waals surface area contributed by atoms with Crippen LogP contribution in [0.15, 0.2) is 24.3 Å². The Morgan fingerprint density at radius 3 is 1.58 bits per heavy atom. The Bertz CT molecular complexity index is 865. The maximum atomic E-state index is 11.6. The zero-order valence-corrected chi connectivity index (χ0v) is 16.3. The summed E-state index contributed by atoms with van der Waals surface area (Å²) in [5.41, 5.74) is 2.07. The van der Waals surface area contributed by atoms with Gasteiger partial charge in [-0.2, -0.15) is 0 Å². The monoisotopic (exact) mass is 392 g/mol. The highest BCUT2D eigenvalue weighted by Gasteiger charge is 2.38. The lowest BCUT2D eigenvalue weighted by Crippen LogP contribution is -2.26. The van der Waals surface area contributed by atoms with Gasteiger partial charge in [-0.05, 0) is 24.3 Å². The van der Waals surface area contributed by atoms with Crippen molar-refractivity contribution >= 4 is 46.4 Å². The Balaban J connectivity index is 2.27. The molecule has 1 heterocycles. The molecule has 0 radical (unpaired) electrons. The highest BCUT2D eigenvalue weighted by Crippen LogP contribution is 2.54. The molecule has 2 N–H and O–H groups in total. The highest BCUT2D eigenvalue weighted by atomic mass is 35.5. The van der Waals surface area contributed by atoms with Crippen molar-refractivity contribution in [2.45, 2.75) is 33.1 Å². The van der Waals surface area contributed by atoms with Crippen LogP contribution in [-0.4, -0.2) is 11.8 Å². The average molecular weight is 393 g/mol. The Labute approximate surface area is 161 Å². The van der Waals surface area contributed by atoms with E-state index in [1.807, 2.05) is 26.0 Å². The van der Waals surface area contributed by atoms with Crippen LogP contribution in [0.1, 0.15) is 38.8 Å². The normalized spacial score (nSPS) is 13.9. The molecule has 7 heteroatoms. The van der Waals surface area contributed by atoms with E-state index in [4.69, 9.17) is 27.9 Å². The van der Waals surface area contributed by atoms with E-state index >= 15 is 0 Å². The minimum atomic E-state index is -0.515. The number of carbonyl (C=O) groups is 2. The van der Waals surface area contributed by atoms with E-state index in [-0.39, 0.29) is 11.8 Å². The summed E-state index contributed by atoms with van der Waals surface area (Å²) < 4.78 is 6.14. The topological polar surface area (TPSA) is 67.4 Å². The predicted octanol–water partition coefficient (Wildman–Crippen LogP) is 5.34. The summed E-state index contributed by atoms with van der Waals surface area (Å²) in [6, 6.07) is 6.89. The number of halogens is 2. The van der Waals surface area contributed by atoms with Crippen LogP contribution in [0.5, 0.6) is 11.5 Å². The van der Waals surface area contributed by atoms with Crippen LogP contribution in [0.25, 0.3) is 0 Å². The highest BCUT2D eigenvalue weighted by molar-refractivity contribution is 6.31. The fraction of sp³-hybridized carbons (Fsp3) is 0.263. The quantitative estimate of drug-likeness (QED) is 0.724. The number of ether oxygens (including phenoxy) is 1. The van der Waals surface area contributed by atoms with Gasteiger partial charge in [-0.15, -0.1) is 0 Å². The molecule has 0 saturated heterocycles. The second-order valence-electron chi connectivity index (χ2n) is 6.75. The van der Waals surface area contributed by atoms with Gasteiger partial charge in [-0.25, -0.2) is 0 Å². The number of hydrogen-bond acceptors (Lipinski definition) is 3. The second-order valence-corrected chi connectivity index (χ2v) is 7.62. The summed E-state index contributed by atoms with van der Waals surface area (Å²) in [6.07, 6.45) is 0. The predicted molar refractivity (Wildman–Crippen MR) is 104 cm³/mol. The molecule has 0 aromatic heterocycles. The number of rotatable bonds is 2. The van der Waals surface area contributed by atoms with E-state index < -0.39 is 5.41 Å². The fourth-order valence-corrected chi connectivity index (χ4v) is 3.58. The van der Waals surface area contributed by atoms with Crippen molar-refractivity contribution in [3.05, 3.63) is 45.4 Å². The number of fused-ring (bicyclic) bond motifs is 2. The first kappa shape index (κ1) is 18.5. The summed E-state index contributed by atoms with van der Waals surface area (Å²) in [5, 5.41) is 6.47. The van der Waals surface area contributed by atoms with Gasteiger partial charge in [0.05, 0.1) is 11.4 Å². The van der Waals surface area contributed by atoms with Gasteiger partial charge in [0.15, 0.2) is 11.5 Å². The number of anilines is 2. The number of hydrogen-bond donors (Lipinski definition) is 2. The van der Waals surface area contributed by atoms with Crippen LogP contribution in [0.2, 0.25) is 10.0 Å². The van der Waals surface area contributed by atoms with E-state index in [9.17, 15) is 9.59 Å². The average Bonchev–Trinajstić information content (AvgIpc) is 2.48. The molecule has 2 aromatic rings. The maximum Gasteiger partial charge on any atom is 0.221 e. The van der Waals surface area contributed by atoms with Crippen LogP contribution in [-0.2, 0) is 15.0 Å². The molecule has 1 aliphatic rings. The maximum absolute atomic E-state index is 11.6. The van der Waals surface area contributed by atoms with Crippen molar-refractivity contribution in [2.75, 3.05) is 10.6 Å². The molecular weight excluding hydrogens is 375 g/mol. The molecule has 0 bridgehead atoms. The molecule has 26 heavy (non-hydrogen) atoms. The third kappa shape index (κ3) is 3.24. The first-order valence-corrected chi connectivity index (χ1v) is 8.76. The molecule has 0 aliphatic carbocycles. The summed E-state index contributed by atoms with van der Waals surface area (Å²) in [4.78, 5) is 23.2. The van der Waals surface area contributed by atoms with Crippen molar-refractivity contribution in [3.63, 3.8) is 0 Å². The Kier molecular flexibility index (Phi) is 4.63. The van der Waals surface area contributed by atoms with Gasteiger partial charge in [0.25, 0.3) is 0 Å². The zero-order chi connectivity index (χ0) is 19.2. The van der Waals surface area contributed by atoms with Gasteiger partial charge in [-0.3, -0.25) is 9.59 Å². The van der Waals surface area contributed by atoms with Crippen LogP contribution >= 0.6 is 23.2 Å². The van der Waals surface area contributed by atoms with Crippen LogP contribution in [0, 0.1) is 0 Å². The largest absolute Gasteiger partial charge is 0.452 e. The molecule has 1 aliphatic heterocycles. The van der Waals surface area contributed by atoms with Crippen molar-refractivity contribution < 1.29 is 14.3 Å². The number of benzene rings is 2. The van der Waals surface area contributed by atoms with Crippen LogP contribution < -0.4 is 15.4 Å². The lowest BCUT2D eigenvalue weighted by atomic mass is 9.75. The van der Waals surface area contributed by atoms with E-state index in [0.29, 0.717) is 32.9 Å². The molecule has 2 aromatic carbocycles. The summed E-state index contributed by atoms with van der Waals surface area (Å²) in [6.45, 7) is 6.85. The summed E-state index contributed by atoms with van der Waals surface area (Å²) in [7, 11) is 0. The molecular formula is C19H18Cl2N2O3. The first-order valence-electron chi connectivity index (χ1n) is 8.00. The van der Waals surface area contributed by atoms with Gasteiger partial charge in [0, 0.05) is 40.4 Å². The summed E-state index contributed by atoms with van der Waals surface area (Å²) in [5.74, 6) is 0.520. The lowest BCUT2D eigenvalue weighted by Gasteiger charge is -2.36. The molecule has 3 rings (SSSR count). The van der Waals surface area contributed by atoms with E-state index in [2.05, 4.69) is 10.6 Å². The van der Waals surface area contributed by atoms with Gasteiger partial charge >= 0.3 is 0 Å². The van der Waals surface area contributed by atoms with E-state index in [0.717, 1.165) is 11.1 Å². The van der Waals surface area contributed by atoms with Gasteiger partial charge in [0.2, 0.25) is 11.8 Å². The van der Waals surface area contributed by atoms with Crippen molar-refractivity contribution in [3.8, 4) is 11.5 Å². The molecule has 0 atom stereocenters. The SMILES string of the molecule is CC(=O)Nc1cc(Cl)cc2c1Oc1c(NC(C)=O)cc(Cl)cc1C2(C)C. The molecule has 136 valence electrons. The fourth-order valence-electron chi connectivity index (χ4n) is 3.15. The van der Waals surface area contributed by atoms with Crippen LogP contribution in [0.3, 0.4) is 0 Å².